The van der Waals surface area contributed by atoms with Gasteiger partial charge in [0.2, 0.25) is 5.95 Å². The van der Waals surface area contributed by atoms with E-state index >= 15 is 0 Å². The van der Waals surface area contributed by atoms with Crippen molar-refractivity contribution >= 4 is 12.0 Å². The maximum atomic E-state index is 12.2. The van der Waals surface area contributed by atoms with E-state index < -0.39 is 0 Å². The molecular formula is C17H21N5O3. The Hall–Kier alpha value is -2.90. The van der Waals surface area contributed by atoms with Crippen molar-refractivity contribution in [3.05, 3.63) is 40.7 Å². The second kappa shape index (κ2) is 7.78. The zero-order valence-electron chi connectivity index (χ0n) is 14.1. The van der Waals surface area contributed by atoms with Crippen LogP contribution in [0.5, 0.6) is 0 Å². The summed E-state index contributed by atoms with van der Waals surface area (Å²) in [6.45, 7) is 3.38. The van der Waals surface area contributed by atoms with Crippen LogP contribution in [0.25, 0.3) is 11.3 Å². The Morgan fingerprint density at radius 2 is 2.00 bits per heavy atom. The highest BCUT2D eigenvalue weighted by molar-refractivity contribution is 5.67. The van der Waals surface area contributed by atoms with E-state index in [0.29, 0.717) is 31.3 Å². The molecule has 1 aromatic heterocycles. The average molecular weight is 343 g/mol. The van der Waals surface area contributed by atoms with E-state index in [1.54, 1.807) is 11.8 Å². The molecule has 0 unspecified atom stereocenters. The van der Waals surface area contributed by atoms with Crippen molar-refractivity contribution in [3.63, 3.8) is 0 Å². The highest BCUT2D eigenvalue weighted by atomic mass is 16.6. The van der Waals surface area contributed by atoms with Gasteiger partial charge in [-0.25, -0.2) is 4.79 Å². The molecule has 25 heavy (non-hydrogen) atoms. The van der Waals surface area contributed by atoms with Gasteiger partial charge < -0.3 is 15.0 Å². The van der Waals surface area contributed by atoms with Gasteiger partial charge in [-0.3, -0.25) is 9.78 Å². The van der Waals surface area contributed by atoms with Gasteiger partial charge in [-0.1, -0.05) is 30.3 Å². The summed E-state index contributed by atoms with van der Waals surface area (Å²) >= 11 is 0. The number of hydrogen-bond donors (Lipinski definition) is 2. The summed E-state index contributed by atoms with van der Waals surface area (Å²) in [7, 11) is 0. The number of H-pyrrole nitrogens is 1. The van der Waals surface area contributed by atoms with Gasteiger partial charge in [0.1, 0.15) is 0 Å². The lowest BCUT2D eigenvalue weighted by molar-refractivity contribution is 0.0983. The summed E-state index contributed by atoms with van der Waals surface area (Å²) < 4.78 is 5.00. The lowest BCUT2D eigenvalue weighted by Crippen LogP contribution is -2.43. The number of rotatable bonds is 4. The van der Waals surface area contributed by atoms with Crippen molar-refractivity contribution in [3.8, 4) is 11.3 Å². The third kappa shape index (κ3) is 4.14. The lowest BCUT2D eigenvalue weighted by atomic mass is 10.1. The van der Waals surface area contributed by atoms with Crippen molar-refractivity contribution in [1.29, 1.82) is 0 Å². The Bertz CT molecular complexity index is 769. The van der Waals surface area contributed by atoms with Gasteiger partial charge in [0.25, 0.3) is 5.56 Å². The number of ether oxygens (including phenoxy) is 1. The Kier molecular flexibility index (Phi) is 5.27. The molecule has 1 aromatic carbocycles. The van der Waals surface area contributed by atoms with E-state index in [1.807, 2.05) is 30.3 Å². The van der Waals surface area contributed by atoms with Crippen LogP contribution in [0.1, 0.15) is 19.8 Å². The van der Waals surface area contributed by atoms with Crippen LogP contribution < -0.4 is 10.9 Å². The summed E-state index contributed by atoms with van der Waals surface area (Å²) in [5.74, 6) is 0.347. The Labute approximate surface area is 145 Å². The molecule has 1 amide bonds. The number of nitrogens with zero attached hydrogens (tertiary/aromatic N) is 3. The van der Waals surface area contributed by atoms with Gasteiger partial charge in [0.15, 0.2) is 5.69 Å². The maximum Gasteiger partial charge on any atom is 0.409 e. The normalized spacial score (nSPS) is 15.0. The fourth-order valence-electron chi connectivity index (χ4n) is 2.80. The molecule has 0 radical (unpaired) electrons. The first kappa shape index (κ1) is 16.9. The van der Waals surface area contributed by atoms with Crippen LogP contribution in [-0.4, -0.2) is 51.9 Å². The van der Waals surface area contributed by atoms with Crippen molar-refractivity contribution in [1.82, 2.24) is 20.1 Å². The molecule has 8 heteroatoms. The molecule has 1 fully saturated rings. The molecule has 0 spiro atoms. The molecule has 0 atom stereocenters. The Morgan fingerprint density at radius 1 is 1.28 bits per heavy atom. The van der Waals surface area contributed by atoms with Gasteiger partial charge in [0.05, 0.1) is 6.61 Å². The lowest BCUT2D eigenvalue weighted by Gasteiger charge is -2.31. The van der Waals surface area contributed by atoms with Crippen LogP contribution in [0.4, 0.5) is 10.7 Å². The molecule has 1 aliphatic rings. The molecule has 2 heterocycles. The average Bonchev–Trinajstić information content (AvgIpc) is 2.63. The number of benzene rings is 1. The van der Waals surface area contributed by atoms with Crippen LogP contribution in [0.3, 0.4) is 0 Å². The van der Waals surface area contributed by atoms with Gasteiger partial charge in [-0.15, -0.1) is 10.2 Å². The number of hydrogen-bond acceptors (Lipinski definition) is 6. The van der Waals surface area contributed by atoms with Crippen LogP contribution in [0.2, 0.25) is 0 Å². The third-order valence-electron chi connectivity index (χ3n) is 4.11. The van der Waals surface area contributed by atoms with Gasteiger partial charge in [-0.05, 0) is 19.8 Å². The zero-order chi connectivity index (χ0) is 17.6. The highest BCUT2D eigenvalue weighted by Crippen LogP contribution is 2.15. The Morgan fingerprint density at radius 3 is 2.64 bits per heavy atom. The third-order valence-corrected chi connectivity index (χ3v) is 4.11. The van der Waals surface area contributed by atoms with Crippen molar-refractivity contribution in [2.75, 3.05) is 25.0 Å². The molecular weight excluding hydrogens is 322 g/mol. The van der Waals surface area contributed by atoms with Gasteiger partial charge in [0, 0.05) is 24.7 Å². The summed E-state index contributed by atoms with van der Waals surface area (Å²) in [4.78, 5) is 28.3. The second-order valence-electron chi connectivity index (χ2n) is 5.82. The number of nitrogens with one attached hydrogen (secondary N) is 2. The monoisotopic (exact) mass is 343 g/mol. The fraction of sp³-hybridized carbons (Fsp3) is 0.412. The van der Waals surface area contributed by atoms with Crippen LogP contribution >= 0.6 is 0 Å². The van der Waals surface area contributed by atoms with E-state index in [2.05, 4.69) is 20.5 Å². The van der Waals surface area contributed by atoms with E-state index in [4.69, 9.17) is 4.74 Å². The predicted octanol–water partition coefficient (Wildman–Crippen LogP) is 1.86. The molecule has 8 nitrogen and oxygen atoms in total. The first-order valence-corrected chi connectivity index (χ1v) is 8.38. The van der Waals surface area contributed by atoms with E-state index in [-0.39, 0.29) is 17.7 Å². The minimum Gasteiger partial charge on any atom is -0.450 e. The summed E-state index contributed by atoms with van der Waals surface area (Å²) in [6.07, 6.45) is 1.23. The first-order valence-electron chi connectivity index (χ1n) is 8.38. The summed E-state index contributed by atoms with van der Waals surface area (Å²) in [5.41, 5.74) is 0.737. The number of anilines is 1. The Balaban J connectivity index is 1.60. The number of carbonyl (C=O) groups is 1. The largest absolute Gasteiger partial charge is 0.450 e. The topological polar surface area (TPSA) is 100 Å². The second-order valence-corrected chi connectivity index (χ2v) is 5.82. The fourth-order valence-corrected chi connectivity index (χ4v) is 2.80. The molecule has 3 rings (SSSR count). The summed E-state index contributed by atoms with van der Waals surface area (Å²) in [5, 5.41) is 11.3. The van der Waals surface area contributed by atoms with Crippen molar-refractivity contribution < 1.29 is 9.53 Å². The van der Waals surface area contributed by atoms with E-state index in [9.17, 15) is 9.59 Å². The van der Waals surface area contributed by atoms with Crippen molar-refractivity contribution in [2.45, 2.75) is 25.8 Å². The van der Waals surface area contributed by atoms with Crippen LogP contribution in [0.15, 0.2) is 35.1 Å². The van der Waals surface area contributed by atoms with Crippen LogP contribution in [0, 0.1) is 0 Å². The van der Waals surface area contributed by atoms with Crippen LogP contribution in [-0.2, 0) is 4.74 Å². The molecule has 0 saturated carbocycles. The molecule has 1 aliphatic heterocycles. The first-order chi connectivity index (χ1) is 12.2. The van der Waals surface area contributed by atoms with Crippen molar-refractivity contribution in [2.24, 2.45) is 0 Å². The minimum absolute atomic E-state index is 0.123. The molecule has 2 N–H and O–H groups in total. The number of carbonyl (C=O) groups excluding carboxylic acids is 1. The molecule has 132 valence electrons. The number of likely N-dealkylation sites (tertiary alicyclic amines) is 1. The quantitative estimate of drug-likeness (QED) is 0.879. The summed E-state index contributed by atoms with van der Waals surface area (Å²) in [6, 6.07) is 9.33. The zero-order valence-corrected chi connectivity index (χ0v) is 14.1. The SMILES string of the molecule is CCOC(=O)N1CCC(Nc2nnc(-c3ccccc3)c(=O)[nH]2)CC1. The molecule has 1 saturated heterocycles. The highest BCUT2D eigenvalue weighted by Gasteiger charge is 2.24. The number of aromatic nitrogens is 3. The van der Waals surface area contributed by atoms with Gasteiger partial charge in [-0.2, -0.15) is 0 Å². The minimum atomic E-state index is -0.285. The molecule has 0 aliphatic carbocycles. The van der Waals surface area contributed by atoms with Gasteiger partial charge >= 0.3 is 6.09 Å². The standard InChI is InChI=1S/C17H21N5O3/c1-2-25-17(24)22-10-8-13(9-11-22)18-16-19-15(23)14(20-21-16)12-6-4-3-5-7-12/h3-7,13H,2,8-11H2,1H3,(H2,18,19,21,23). The molecule has 2 aromatic rings. The van der Waals surface area contributed by atoms with E-state index in [1.165, 1.54) is 0 Å². The molecule has 0 bridgehead atoms. The number of amides is 1. The smallest absolute Gasteiger partial charge is 0.409 e. The number of aromatic amines is 1. The number of piperidine rings is 1. The maximum absolute atomic E-state index is 12.2. The predicted molar refractivity (Wildman–Crippen MR) is 93.3 cm³/mol. The van der Waals surface area contributed by atoms with E-state index in [0.717, 1.165) is 18.4 Å².